The number of anilines is 1. The van der Waals surface area contributed by atoms with E-state index in [2.05, 4.69) is 32.2 Å². The molecule has 0 unspecified atom stereocenters. The number of pyridine rings is 1. The Morgan fingerprint density at radius 1 is 1.10 bits per heavy atom. The summed E-state index contributed by atoms with van der Waals surface area (Å²) in [5, 5.41) is 28.6. The maximum atomic E-state index is 9.30. The van der Waals surface area contributed by atoms with Crippen LogP contribution in [0.4, 0.5) is 5.95 Å². The number of nitriles is 2. The van der Waals surface area contributed by atoms with Gasteiger partial charge in [0.1, 0.15) is 5.69 Å². The topological polar surface area (TPSA) is 143 Å². The van der Waals surface area contributed by atoms with Crippen molar-refractivity contribution in [2.24, 2.45) is 5.92 Å². The molecule has 0 radical (unpaired) electrons. The molecule has 2 N–H and O–H groups in total. The molecule has 0 amide bonds. The highest BCUT2D eigenvalue weighted by Crippen LogP contribution is 2.45. The zero-order valence-corrected chi connectivity index (χ0v) is 16.5. The third-order valence-electron chi connectivity index (χ3n) is 5.76. The number of nitrogen functional groups attached to an aromatic ring is 1. The number of hydrogen-bond acceptors (Lipinski definition) is 8. The number of benzene rings is 1. The van der Waals surface area contributed by atoms with Crippen LogP contribution in [0.5, 0.6) is 0 Å². The maximum absolute atomic E-state index is 9.30. The van der Waals surface area contributed by atoms with Gasteiger partial charge in [0, 0.05) is 35.1 Å². The van der Waals surface area contributed by atoms with Gasteiger partial charge in [0.25, 0.3) is 0 Å². The minimum atomic E-state index is -0.524. The largest absolute Gasteiger partial charge is 0.368 e. The maximum Gasteiger partial charge on any atom is 0.219 e. The van der Waals surface area contributed by atoms with E-state index in [4.69, 9.17) is 10.8 Å². The van der Waals surface area contributed by atoms with E-state index >= 15 is 0 Å². The molecule has 0 aliphatic heterocycles. The van der Waals surface area contributed by atoms with Crippen molar-refractivity contribution in [1.29, 1.82) is 10.5 Å². The van der Waals surface area contributed by atoms with Crippen LogP contribution >= 0.6 is 0 Å². The van der Waals surface area contributed by atoms with Gasteiger partial charge in [0.05, 0.1) is 41.7 Å². The summed E-state index contributed by atoms with van der Waals surface area (Å²) in [4.78, 5) is 14.3. The number of nitrogens with two attached hydrogens (primary N) is 1. The smallest absolute Gasteiger partial charge is 0.219 e. The van der Waals surface area contributed by atoms with Crippen LogP contribution in [0, 0.1) is 28.6 Å². The number of nitrogens with zero attached hydrogens (tertiary/aromatic N) is 8. The van der Waals surface area contributed by atoms with Crippen molar-refractivity contribution in [2.45, 2.75) is 24.8 Å². The Morgan fingerprint density at radius 3 is 2.65 bits per heavy atom. The molecule has 5 rings (SSSR count). The van der Waals surface area contributed by atoms with Gasteiger partial charge in [-0.05, 0) is 36.6 Å². The van der Waals surface area contributed by atoms with E-state index in [0.717, 1.165) is 27.6 Å². The third-order valence-corrected chi connectivity index (χ3v) is 5.76. The Balaban J connectivity index is 1.62. The Morgan fingerprint density at radius 2 is 1.90 bits per heavy atom. The second-order valence-electron chi connectivity index (χ2n) is 7.74. The van der Waals surface area contributed by atoms with Crippen molar-refractivity contribution >= 4 is 16.9 Å². The lowest BCUT2D eigenvalue weighted by molar-refractivity contribution is 0.0713. The molecule has 0 bridgehead atoms. The van der Waals surface area contributed by atoms with E-state index in [9.17, 15) is 10.5 Å². The fourth-order valence-corrected chi connectivity index (χ4v) is 4.14. The van der Waals surface area contributed by atoms with Crippen molar-refractivity contribution in [3.8, 4) is 34.5 Å². The number of aromatic nitrogens is 6. The van der Waals surface area contributed by atoms with E-state index in [-0.39, 0.29) is 18.3 Å². The van der Waals surface area contributed by atoms with Crippen molar-refractivity contribution < 1.29 is 0 Å². The van der Waals surface area contributed by atoms with Crippen LogP contribution < -0.4 is 5.73 Å². The molecule has 9 nitrogen and oxygen atoms in total. The van der Waals surface area contributed by atoms with E-state index in [1.165, 1.54) is 0 Å². The van der Waals surface area contributed by atoms with Crippen molar-refractivity contribution in [3.05, 3.63) is 49.1 Å². The summed E-state index contributed by atoms with van der Waals surface area (Å²) >= 11 is 0. The Labute approximate surface area is 177 Å². The van der Waals surface area contributed by atoms with Gasteiger partial charge in [-0.2, -0.15) is 25.5 Å². The predicted octanol–water partition coefficient (Wildman–Crippen LogP) is 3.08. The monoisotopic (exact) mass is 407 g/mol. The summed E-state index contributed by atoms with van der Waals surface area (Å²) in [6.45, 7) is 0. The molecule has 0 atom stereocenters. The second kappa shape index (κ2) is 7.15. The molecular formula is C22H17N9. The molecule has 4 aromatic rings. The standard InChI is InChI=1S/C22H17N9/c23-4-3-22(8-14(9-22)10-24)31-29-13-20(30-31)18-6-15(16-11-27-21(25)28-12-16)7-19-17(18)2-1-5-26-19/h1-2,5-7,11-14H,3,8-9H2,(H2,25,27,28)/t14-,22+. The molecule has 31 heavy (non-hydrogen) atoms. The first-order valence-electron chi connectivity index (χ1n) is 9.78. The lowest BCUT2D eigenvalue weighted by atomic mass is 9.68. The van der Waals surface area contributed by atoms with Gasteiger partial charge in [0.2, 0.25) is 5.95 Å². The highest BCUT2D eigenvalue weighted by molar-refractivity contribution is 5.97. The summed E-state index contributed by atoms with van der Waals surface area (Å²) in [5.74, 6) is 0.145. The lowest BCUT2D eigenvalue weighted by Crippen LogP contribution is -2.47. The average molecular weight is 407 g/mol. The van der Waals surface area contributed by atoms with Crippen LogP contribution in [0.3, 0.4) is 0 Å². The molecule has 3 heterocycles. The predicted molar refractivity (Wildman–Crippen MR) is 113 cm³/mol. The molecular weight excluding hydrogens is 390 g/mol. The van der Waals surface area contributed by atoms with E-state index in [1.807, 2.05) is 24.3 Å². The van der Waals surface area contributed by atoms with E-state index < -0.39 is 5.54 Å². The molecule has 3 aromatic heterocycles. The number of rotatable bonds is 4. The van der Waals surface area contributed by atoms with Crippen LogP contribution in [-0.4, -0.2) is 29.9 Å². The minimum Gasteiger partial charge on any atom is -0.368 e. The van der Waals surface area contributed by atoms with E-state index in [0.29, 0.717) is 18.5 Å². The third kappa shape index (κ3) is 3.13. The van der Waals surface area contributed by atoms with Gasteiger partial charge in [-0.25, -0.2) is 9.97 Å². The summed E-state index contributed by atoms with van der Waals surface area (Å²) in [5.41, 5.74) is 9.15. The number of fused-ring (bicyclic) bond motifs is 1. The fraction of sp³-hybridized carbons (Fsp3) is 0.227. The Bertz CT molecular complexity index is 1350. The fourth-order valence-electron chi connectivity index (χ4n) is 4.14. The first kappa shape index (κ1) is 18.6. The molecule has 0 spiro atoms. The first-order chi connectivity index (χ1) is 15.1. The van der Waals surface area contributed by atoms with Gasteiger partial charge in [-0.3, -0.25) is 4.98 Å². The lowest BCUT2D eigenvalue weighted by Gasteiger charge is -2.42. The highest BCUT2D eigenvalue weighted by atomic mass is 15.5. The van der Waals surface area contributed by atoms with Crippen LogP contribution in [0.15, 0.2) is 49.1 Å². The molecule has 1 fully saturated rings. The Kier molecular flexibility index (Phi) is 4.30. The van der Waals surface area contributed by atoms with Gasteiger partial charge in [0.15, 0.2) is 0 Å². The van der Waals surface area contributed by atoms with E-state index in [1.54, 1.807) is 29.6 Å². The molecule has 1 aliphatic rings. The molecule has 9 heteroatoms. The van der Waals surface area contributed by atoms with Gasteiger partial charge in [-0.1, -0.05) is 6.07 Å². The van der Waals surface area contributed by atoms with Crippen molar-refractivity contribution in [2.75, 3.05) is 5.73 Å². The Hall–Kier alpha value is -4.37. The summed E-state index contributed by atoms with van der Waals surface area (Å²) in [6.07, 6.45) is 8.21. The minimum absolute atomic E-state index is 0.0679. The van der Waals surface area contributed by atoms with Gasteiger partial charge >= 0.3 is 0 Å². The highest BCUT2D eigenvalue weighted by Gasteiger charge is 2.48. The summed E-state index contributed by atoms with van der Waals surface area (Å²) < 4.78 is 0. The van der Waals surface area contributed by atoms with Gasteiger partial charge in [-0.15, -0.1) is 0 Å². The molecule has 1 aliphatic carbocycles. The van der Waals surface area contributed by atoms with Crippen LogP contribution in [0.1, 0.15) is 19.3 Å². The van der Waals surface area contributed by atoms with Crippen molar-refractivity contribution in [3.63, 3.8) is 0 Å². The molecule has 150 valence electrons. The molecule has 0 saturated heterocycles. The quantitative estimate of drug-likeness (QED) is 0.543. The summed E-state index contributed by atoms with van der Waals surface area (Å²) in [7, 11) is 0. The van der Waals surface area contributed by atoms with Crippen LogP contribution in [0.25, 0.3) is 33.3 Å². The average Bonchev–Trinajstić information content (AvgIpc) is 3.26. The zero-order valence-electron chi connectivity index (χ0n) is 16.5. The number of hydrogen-bond donors (Lipinski definition) is 1. The first-order valence-corrected chi connectivity index (χ1v) is 9.78. The molecule has 1 saturated carbocycles. The van der Waals surface area contributed by atoms with Crippen LogP contribution in [0.2, 0.25) is 0 Å². The second-order valence-corrected chi connectivity index (χ2v) is 7.74. The van der Waals surface area contributed by atoms with Crippen LogP contribution in [-0.2, 0) is 5.54 Å². The van der Waals surface area contributed by atoms with Gasteiger partial charge < -0.3 is 5.73 Å². The van der Waals surface area contributed by atoms with Crippen molar-refractivity contribution in [1.82, 2.24) is 29.9 Å². The zero-order chi connectivity index (χ0) is 21.4. The summed E-state index contributed by atoms with van der Waals surface area (Å²) in [6, 6.07) is 12.3. The normalized spacial score (nSPS) is 20.0. The molecule has 1 aromatic carbocycles. The SMILES string of the molecule is N#CC[C@]1(n2ncc(-c3cc(-c4cnc(N)nc4)cc4ncccc34)n2)C[C@@H](C#N)C1.